The molecular formula is C27H21N. The molecule has 1 aromatic heterocycles. The van der Waals surface area contributed by atoms with Gasteiger partial charge in [-0.05, 0) is 53.5 Å². The first-order valence-electron chi connectivity index (χ1n) is 10.2. The molecule has 134 valence electrons. The van der Waals surface area contributed by atoms with Crippen LogP contribution in [0, 0.1) is 0 Å². The summed E-state index contributed by atoms with van der Waals surface area (Å²) < 4.78 is 0. The van der Waals surface area contributed by atoms with E-state index in [1.165, 1.54) is 50.2 Å². The number of rotatable bonds is 1. The van der Waals surface area contributed by atoms with Crippen LogP contribution in [0.1, 0.15) is 22.4 Å². The topological polar surface area (TPSA) is 12.9 Å². The lowest BCUT2D eigenvalue weighted by Crippen LogP contribution is -2.15. The Labute approximate surface area is 165 Å². The summed E-state index contributed by atoms with van der Waals surface area (Å²) in [7, 11) is 0. The van der Waals surface area contributed by atoms with Crippen LogP contribution in [0.2, 0.25) is 0 Å². The molecule has 0 unspecified atom stereocenters. The standard InChI is InChI=1S/C27H21N/c1-2-10-20(11-3-1)27-26-22-13-7-5-8-18(22)14-16-23(26)25-21-12-6-4-9-19(21)15-17-24(25)28-27/h1-13H,14-17H2. The summed E-state index contributed by atoms with van der Waals surface area (Å²) in [5, 5.41) is 0. The van der Waals surface area contributed by atoms with Crippen molar-refractivity contribution in [2.45, 2.75) is 25.7 Å². The quantitative estimate of drug-likeness (QED) is 0.390. The second-order valence-corrected chi connectivity index (χ2v) is 7.82. The van der Waals surface area contributed by atoms with Gasteiger partial charge in [0, 0.05) is 22.4 Å². The van der Waals surface area contributed by atoms with Crippen LogP contribution in [0.4, 0.5) is 0 Å². The highest BCUT2D eigenvalue weighted by molar-refractivity contribution is 5.92. The van der Waals surface area contributed by atoms with Crippen molar-refractivity contribution in [2.75, 3.05) is 0 Å². The first-order valence-corrected chi connectivity index (χ1v) is 10.2. The predicted molar refractivity (Wildman–Crippen MR) is 115 cm³/mol. The molecule has 2 aliphatic rings. The van der Waals surface area contributed by atoms with Gasteiger partial charge in [0.2, 0.25) is 0 Å². The Bertz CT molecular complexity index is 1200. The van der Waals surface area contributed by atoms with E-state index in [-0.39, 0.29) is 0 Å². The van der Waals surface area contributed by atoms with E-state index >= 15 is 0 Å². The van der Waals surface area contributed by atoms with E-state index in [4.69, 9.17) is 4.98 Å². The minimum Gasteiger partial charge on any atom is -0.252 e. The highest BCUT2D eigenvalue weighted by atomic mass is 14.7. The van der Waals surface area contributed by atoms with E-state index in [2.05, 4.69) is 78.9 Å². The number of aryl methyl sites for hydroxylation is 3. The van der Waals surface area contributed by atoms with Crippen LogP contribution < -0.4 is 0 Å². The summed E-state index contributed by atoms with van der Waals surface area (Å²) >= 11 is 0. The van der Waals surface area contributed by atoms with Crippen molar-refractivity contribution in [1.29, 1.82) is 0 Å². The molecule has 28 heavy (non-hydrogen) atoms. The summed E-state index contributed by atoms with van der Waals surface area (Å²) in [6.45, 7) is 0. The van der Waals surface area contributed by atoms with Gasteiger partial charge in [-0.1, -0.05) is 78.9 Å². The lowest BCUT2D eigenvalue weighted by molar-refractivity contribution is 0.871. The van der Waals surface area contributed by atoms with Gasteiger partial charge < -0.3 is 0 Å². The molecule has 0 radical (unpaired) electrons. The lowest BCUT2D eigenvalue weighted by Gasteiger charge is -2.30. The van der Waals surface area contributed by atoms with Gasteiger partial charge in [-0.3, -0.25) is 4.98 Å². The number of fused-ring (bicyclic) bond motifs is 7. The van der Waals surface area contributed by atoms with E-state index in [1.807, 2.05) is 0 Å². The molecule has 0 saturated carbocycles. The number of benzene rings is 3. The Morgan fingerprint density at radius 2 is 1.14 bits per heavy atom. The van der Waals surface area contributed by atoms with E-state index in [9.17, 15) is 0 Å². The second kappa shape index (κ2) is 6.17. The second-order valence-electron chi connectivity index (χ2n) is 7.82. The maximum Gasteiger partial charge on any atom is 0.0786 e. The van der Waals surface area contributed by atoms with Crippen LogP contribution >= 0.6 is 0 Å². The maximum atomic E-state index is 5.29. The summed E-state index contributed by atoms with van der Waals surface area (Å²) in [6, 6.07) is 28.5. The Morgan fingerprint density at radius 1 is 0.536 bits per heavy atom. The van der Waals surface area contributed by atoms with E-state index in [1.54, 1.807) is 0 Å². The first kappa shape index (κ1) is 15.8. The Kier molecular flexibility index (Phi) is 3.49. The van der Waals surface area contributed by atoms with Gasteiger partial charge in [0.05, 0.1) is 5.69 Å². The van der Waals surface area contributed by atoms with E-state index in [0.29, 0.717) is 0 Å². The molecule has 1 heterocycles. The van der Waals surface area contributed by atoms with Gasteiger partial charge in [0.1, 0.15) is 0 Å². The smallest absolute Gasteiger partial charge is 0.0786 e. The highest BCUT2D eigenvalue weighted by Gasteiger charge is 2.29. The molecule has 0 saturated heterocycles. The fourth-order valence-electron chi connectivity index (χ4n) is 5.01. The maximum absolute atomic E-state index is 5.29. The third kappa shape index (κ3) is 2.29. The van der Waals surface area contributed by atoms with Crippen molar-refractivity contribution >= 4 is 0 Å². The third-order valence-corrected chi connectivity index (χ3v) is 6.27. The Hall–Kier alpha value is -3.19. The molecule has 0 atom stereocenters. The van der Waals surface area contributed by atoms with Gasteiger partial charge >= 0.3 is 0 Å². The number of pyridine rings is 1. The van der Waals surface area contributed by atoms with E-state index < -0.39 is 0 Å². The summed E-state index contributed by atoms with van der Waals surface area (Å²) in [5.74, 6) is 0. The summed E-state index contributed by atoms with van der Waals surface area (Å²) in [4.78, 5) is 5.29. The van der Waals surface area contributed by atoms with Crippen LogP contribution in [0.25, 0.3) is 33.5 Å². The van der Waals surface area contributed by atoms with Crippen LogP contribution in [-0.4, -0.2) is 4.98 Å². The Morgan fingerprint density at radius 3 is 1.89 bits per heavy atom. The number of aromatic nitrogens is 1. The molecule has 2 aliphatic carbocycles. The van der Waals surface area contributed by atoms with Crippen molar-refractivity contribution in [1.82, 2.24) is 4.98 Å². The molecule has 6 rings (SSSR count). The molecule has 0 aliphatic heterocycles. The zero-order valence-corrected chi connectivity index (χ0v) is 15.8. The lowest BCUT2D eigenvalue weighted by atomic mass is 9.76. The number of nitrogens with zero attached hydrogens (tertiary/aromatic N) is 1. The zero-order chi connectivity index (χ0) is 18.5. The fourth-order valence-corrected chi connectivity index (χ4v) is 5.01. The average molecular weight is 359 g/mol. The normalized spacial score (nSPS) is 13.9. The summed E-state index contributed by atoms with van der Waals surface area (Å²) in [6.07, 6.45) is 4.31. The third-order valence-electron chi connectivity index (χ3n) is 6.27. The van der Waals surface area contributed by atoms with Gasteiger partial charge in [-0.25, -0.2) is 0 Å². The van der Waals surface area contributed by atoms with Crippen molar-refractivity contribution in [3.63, 3.8) is 0 Å². The summed E-state index contributed by atoms with van der Waals surface area (Å²) in [5.41, 5.74) is 13.6. The Balaban J connectivity index is 1.73. The molecule has 4 aromatic rings. The van der Waals surface area contributed by atoms with Gasteiger partial charge in [0.25, 0.3) is 0 Å². The van der Waals surface area contributed by atoms with Crippen molar-refractivity contribution in [2.24, 2.45) is 0 Å². The highest BCUT2D eigenvalue weighted by Crippen LogP contribution is 2.46. The van der Waals surface area contributed by atoms with Crippen LogP contribution in [-0.2, 0) is 25.7 Å². The average Bonchev–Trinajstić information content (AvgIpc) is 2.78. The zero-order valence-electron chi connectivity index (χ0n) is 15.8. The number of hydrogen-bond donors (Lipinski definition) is 0. The molecule has 3 aromatic carbocycles. The minimum atomic E-state index is 1.03. The predicted octanol–water partition coefficient (Wildman–Crippen LogP) is 6.28. The van der Waals surface area contributed by atoms with Crippen LogP contribution in [0.15, 0.2) is 78.9 Å². The van der Waals surface area contributed by atoms with Crippen molar-refractivity contribution in [3.05, 3.63) is 101 Å². The van der Waals surface area contributed by atoms with Gasteiger partial charge in [0.15, 0.2) is 0 Å². The molecular weight excluding hydrogens is 338 g/mol. The van der Waals surface area contributed by atoms with Crippen LogP contribution in [0.5, 0.6) is 0 Å². The minimum absolute atomic E-state index is 1.03. The molecule has 0 fully saturated rings. The SMILES string of the molecule is c1ccc(-c2nc3c(c4c2-c2ccccc2CC4)-c2ccccc2CC3)cc1. The van der Waals surface area contributed by atoms with Crippen molar-refractivity contribution < 1.29 is 0 Å². The van der Waals surface area contributed by atoms with Crippen LogP contribution in [0.3, 0.4) is 0 Å². The number of hydrogen-bond acceptors (Lipinski definition) is 1. The fraction of sp³-hybridized carbons (Fsp3) is 0.148. The molecule has 1 nitrogen and oxygen atoms in total. The van der Waals surface area contributed by atoms with E-state index in [0.717, 1.165) is 31.4 Å². The monoisotopic (exact) mass is 359 g/mol. The molecule has 0 bridgehead atoms. The largest absolute Gasteiger partial charge is 0.252 e. The van der Waals surface area contributed by atoms with Crippen molar-refractivity contribution in [3.8, 4) is 33.5 Å². The van der Waals surface area contributed by atoms with Gasteiger partial charge in [-0.2, -0.15) is 0 Å². The first-order chi connectivity index (χ1) is 13.9. The molecule has 0 N–H and O–H groups in total. The molecule has 1 heteroatoms. The molecule has 0 amide bonds. The van der Waals surface area contributed by atoms with Gasteiger partial charge in [-0.15, -0.1) is 0 Å². The molecule has 0 spiro atoms.